The summed E-state index contributed by atoms with van der Waals surface area (Å²) in [5, 5.41) is 13.1. The van der Waals surface area contributed by atoms with Crippen LogP contribution in [-0.4, -0.2) is 29.2 Å². The van der Waals surface area contributed by atoms with E-state index in [0.29, 0.717) is 25.4 Å². The molecule has 1 atom stereocenters. The molecular weight excluding hydrogens is 367 g/mol. The van der Waals surface area contributed by atoms with Gasteiger partial charge in [0.25, 0.3) is 6.20 Å². The molecule has 1 aliphatic rings. The second kappa shape index (κ2) is 8.21. The van der Waals surface area contributed by atoms with Crippen LogP contribution in [0.3, 0.4) is 0 Å². The molecule has 2 heterocycles. The largest absolute Gasteiger partial charge is 0.416 e. The zero-order valence-electron chi connectivity index (χ0n) is 12.8. The number of nitrogens with one attached hydrogen (secondary N) is 3. The number of halogens is 4. The van der Waals surface area contributed by atoms with Crippen LogP contribution in [0, 0.1) is 10.1 Å². The van der Waals surface area contributed by atoms with Crippen LogP contribution in [-0.2, 0) is 10.9 Å². The molecule has 0 saturated carbocycles. The van der Waals surface area contributed by atoms with Crippen molar-refractivity contribution in [3.8, 4) is 0 Å². The lowest BCUT2D eigenvalue weighted by Gasteiger charge is -2.16. The predicted octanol–water partition coefficient (Wildman–Crippen LogP) is 2.51. The molecule has 1 unspecified atom stereocenters. The summed E-state index contributed by atoms with van der Waals surface area (Å²) in [7, 11) is 0. The molecule has 3 N–H and O–H groups in total. The van der Waals surface area contributed by atoms with Crippen LogP contribution in [0.25, 0.3) is 0 Å². The molecule has 1 aromatic rings. The summed E-state index contributed by atoms with van der Waals surface area (Å²) >= 11 is 5.57. The molecule has 12 heteroatoms. The summed E-state index contributed by atoms with van der Waals surface area (Å²) in [4.78, 5) is 13.6. The van der Waals surface area contributed by atoms with E-state index < -0.39 is 16.7 Å². The van der Waals surface area contributed by atoms with Gasteiger partial charge in [-0.05, 0) is 25.0 Å². The van der Waals surface area contributed by atoms with Gasteiger partial charge in [0.2, 0.25) is 0 Å². The number of pyridine rings is 1. The molecule has 0 aliphatic carbocycles. The Labute approximate surface area is 145 Å². The highest BCUT2D eigenvalue weighted by Crippen LogP contribution is 2.31. The molecular formula is C13H15ClF3N5O3. The first-order chi connectivity index (χ1) is 11.7. The molecule has 1 fully saturated rings. The van der Waals surface area contributed by atoms with Crippen molar-refractivity contribution in [3.05, 3.63) is 45.0 Å². The molecule has 1 aliphatic heterocycles. The third kappa shape index (κ3) is 6.27. The highest BCUT2D eigenvalue weighted by atomic mass is 35.5. The monoisotopic (exact) mass is 381 g/mol. The van der Waals surface area contributed by atoms with Gasteiger partial charge in [0.15, 0.2) is 5.82 Å². The van der Waals surface area contributed by atoms with Gasteiger partial charge >= 0.3 is 6.18 Å². The smallest absolute Gasteiger partial charge is 0.376 e. The first-order valence-corrected chi connectivity index (χ1v) is 7.59. The van der Waals surface area contributed by atoms with Crippen molar-refractivity contribution in [2.45, 2.75) is 25.1 Å². The van der Waals surface area contributed by atoms with Gasteiger partial charge in [0.1, 0.15) is 11.0 Å². The van der Waals surface area contributed by atoms with E-state index in [-0.39, 0.29) is 22.9 Å². The molecule has 0 aromatic carbocycles. The lowest BCUT2D eigenvalue weighted by molar-refractivity contribution is -0.404. The number of nitro groups is 1. The number of hydrazine groups is 1. The van der Waals surface area contributed by atoms with Gasteiger partial charge in [-0.3, -0.25) is 21.0 Å². The Bertz CT molecular complexity index is 650. The number of ether oxygens (including phenoxy) is 1. The van der Waals surface area contributed by atoms with Crippen LogP contribution in [0.1, 0.15) is 18.4 Å². The minimum absolute atomic E-state index is 0.0594. The highest BCUT2D eigenvalue weighted by Gasteiger charge is 2.31. The van der Waals surface area contributed by atoms with Gasteiger partial charge in [-0.2, -0.15) is 13.2 Å². The van der Waals surface area contributed by atoms with Crippen LogP contribution < -0.4 is 16.2 Å². The fourth-order valence-corrected chi connectivity index (χ4v) is 2.32. The number of rotatable bonds is 7. The van der Waals surface area contributed by atoms with E-state index in [4.69, 9.17) is 16.3 Å². The number of aromatic nitrogens is 1. The summed E-state index contributed by atoms with van der Waals surface area (Å²) < 4.78 is 43.6. The van der Waals surface area contributed by atoms with Crippen molar-refractivity contribution >= 4 is 17.4 Å². The quantitative estimate of drug-likeness (QED) is 0.379. The number of alkyl halides is 3. The minimum atomic E-state index is -4.60. The fourth-order valence-electron chi connectivity index (χ4n) is 2.11. The van der Waals surface area contributed by atoms with Crippen molar-refractivity contribution in [3.63, 3.8) is 0 Å². The molecule has 25 heavy (non-hydrogen) atoms. The molecule has 138 valence electrons. The van der Waals surface area contributed by atoms with E-state index in [1.165, 1.54) is 0 Å². The summed E-state index contributed by atoms with van der Waals surface area (Å²) in [6, 6.07) is 1.40. The molecule has 0 amide bonds. The number of anilines is 1. The summed E-state index contributed by atoms with van der Waals surface area (Å²) in [6.07, 6.45) is -2.33. The zero-order valence-corrected chi connectivity index (χ0v) is 13.5. The van der Waals surface area contributed by atoms with E-state index in [2.05, 4.69) is 21.2 Å². The SMILES string of the molecule is O=[N+]([O-])/C=C(/NCC1CCCO1)NNc1cc(C(F)(F)F)cc(Cl)n1. The van der Waals surface area contributed by atoms with Gasteiger partial charge in [0.05, 0.1) is 16.6 Å². The van der Waals surface area contributed by atoms with Gasteiger partial charge in [-0.15, -0.1) is 0 Å². The van der Waals surface area contributed by atoms with E-state index in [1.807, 2.05) is 0 Å². The third-order valence-corrected chi connectivity index (χ3v) is 3.42. The lowest BCUT2D eigenvalue weighted by Crippen LogP contribution is -2.36. The Morgan fingerprint density at radius 3 is 2.88 bits per heavy atom. The maximum Gasteiger partial charge on any atom is 0.416 e. The van der Waals surface area contributed by atoms with Crippen molar-refractivity contribution in [1.82, 2.24) is 15.7 Å². The molecule has 2 rings (SSSR count). The molecule has 1 saturated heterocycles. The first kappa shape index (κ1) is 19.1. The Morgan fingerprint density at radius 2 is 2.28 bits per heavy atom. The fraction of sp³-hybridized carbons (Fsp3) is 0.462. The van der Waals surface area contributed by atoms with E-state index >= 15 is 0 Å². The second-order valence-electron chi connectivity index (χ2n) is 5.16. The second-order valence-corrected chi connectivity index (χ2v) is 5.54. The third-order valence-electron chi connectivity index (χ3n) is 3.23. The molecule has 8 nitrogen and oxygen atoms in total. The lowest BCUT2D eigenvalue weighted by atomic mass is 10.2. The van der Waals surface area contributed by atoms with Gasteiger partial charge in [0, 0.05) is 13.2 Å². The summed E-state index contributed by atoms with van der Waals surface area (Å²) in [6.45, 7) is 0.935. The standard InChI is InChI=1S/C13H15ClF3N5O3/c14-10-4-8(13(15,16)17)5-11(19-10)20-21-12(7-22(23)24)18-6-9-2-1-3-25-9/h4-5,7,9,18,21H,1-3,6H2,(H,19,20)/b12-7-. The van der Waals surface area contributed by atoms with Crippen molar-refractivity contribution < 1.29 is 22.8 Å². The van der Waals surface area contributed by atoms with Crippen molar-refractivity contribution in [1.29, 1.82) is 0 Å². The average molecular weight is 382 g/mol. The molecule has 0 spiro atoms. The molecule has 0 radical (unpaired) electrons. The van der Waals surface area contributed by atoms with Gasteiger partial charge in [-0.1, -0.05) is 11.6 Å². The van der Waals surface area contributed by atoms with E-state index in [9.17, 15) is 23.3 Å². The van der Waals surface area contributed by atoms with Crippen LogP contribution in [0.4, 0.5) is 19.0 Å². The Morgan fingerprint density at radius 1 is 1.52 bits per heavy atom. The summed E-state index contributed by atoms with van der Waals surface area (Å²) in [5.41, 5.74) is 3.77. The Hall–Kier alpha value is -2.27. The Kier molecular flexibility index (Phi) is 6.26. The van der Waals surface area contributed by atoms with Crippen LogP contribution in [0.15, 0.2) is 24.2 Å². The first-order valence-electron chi connectivity index (χ1n) is 7.21. The minimum Gasteiger partial charge on any atom is -0.376 e. The summed E-state index contributed by atoms with van der Waals surface area (Å²) in [5.74, 6) is -0.302. The maximum absolute atomic E-state index is 12.8. The zero-order chi connectivity index (χ0) is 18.4. The molecule has 0 bridgehead atoms. The predicted molar refractivity (Wildman–Crippen MR) is 83.1 cm³/mol. The van der Waals surface area contributed by atoms with Crippen molar-refractivity contribution in [2.75, 3.05) is 18.6 Å². The maximum atomic E-state index is 12.8. The van der Waals surface area contributed by atoms with E-state index in [0.717, 1.165) is 18.9 Å². The average Bonchev–Trinajstić information content (AvgIpc) is 3.01. The van der Waals surface area contributed by atoms with Gasteiger partial charge in [-0.25, -0.2) is 4.98 Å². The van der Waals surface area contributed by atoms with Crippen LogP contribution in [0.5, 0.6) is 0 Å². The van der Waals surface area contributed by atoms with Gasteiger partial charge < -0.3 is 10.1 Å². The van der Waals surface area contributed by atoms with Crippen LogP contribution in [0.2, 0.25) is 5.15 Å². The van der Waals surface area contributed by atoms with Crippen LogP contribution >= 0.6 is 11.6 Å². The molecule has 1 aromatic heterocycles. The number of nitrogens with zero attached hydrogens (tertiary/aromatic N) is 2. The number of hydrogen-bond acceptors (Lipinski definition) is 7. The Balaban J connectivity index is 2.02. The van der Waals surface area contributed by atoms with Crippen molar-refractivity contribution in [2.24, 2.45) is 0 Å². The normalized spacial score (nSPS) is 18.1. The highest BCUT2D eigenvalue weighted by molar-refractivity contribution is 6.29. The van der Waals surface area contributed by atoms with E-state index in [1.54, 1.807) is 0 Å². The number of hydrogen-bond donors (Lipinski definition) is 3. The topological polar surface area (TPSA) is 101 Å².